The molecule has 2 aromatic rings. The molecule has 0 aromatic heterocycles. The first kappa shape index (κ1) is 12.6. The molecule has 2 nitrogen and oxygen atoms in total. The highest BCUT2D eigenvalue weighted by Gasteiger charge is 2.10. The molecule has 0 aliphatic rings. The fourth-order valence-electron chi connectivity index (χ4n) is 2.18. The average Bonchev–Trinajstić information content (AvgIpc) is 2.38. The third-order valence-corrected chi connectivity index (χ3v) is 3.07. The summed E-state index contributed by atoms with van der Waals surface area (Å²) >= 11 is 0. The van der Waals surface area contributed by atoms with Gasteiger partial charge in [0.15, 0.2) is 6.29 Å². The second-order valence-corrected chi connectivity index (χ2v) is 4.53. The number of fused-ring (bicyclic) bond motifs is 1. The molecule has 0 aliphatic carbocycles. The fourth-order valence-corrected chi connectivity index (χ4v) is 2.18. The van der Waals surface area contributed by atoms with Crippen molar-refractivity contribution in [2.24, 2.45) is 0 Å². The molecule has 0 aliphatic heterocycles. The van der Waals surface area contributed by atoms with Crippen LogP contribution in [0.4, 0.5) is 0 Å². The van der Waals surface area contributed by atoms with E-state index in [1.807, 2.05) is 43.3 Å². The highest BCUT2D eigenvalue weighted by Crippen LogP contribution is 2.27. The number of benzene rings is 2. The van der Waals surface area contributed by atoms with Crippen LogP contribution < -0.4 is 4.74 Å². The summed E-state index contributed by atoms with van der Waals surface area (Å²) in [6.45, 7) is 4.16. The summed E-state index contributed by atoms with van der Waals surface area (Å²) in [5, 5.41) is 2.02. The number of rotatable bonds is 5. The van der Waals surface area contributed by atoms with E-state index in [1.54, 1.807) is 0 Å². The van der Waals surface area contributed by atoms with Crippen LogP contribution in [-0.2, 0) is 0 Å². The van der Waals surface area contributed by atoms with Crippen molar-refractivity contribution in [1.29, 1.82) is 0 Å². The summed E-state index contributed by atoms with van der Waals surface area (Å²) in [4.78, 5) is 11.3. The van der Waals surface area contributed by atoms with E-state index in [4.69, 9.17) is 4.74 Å². The third kappa shape index (κ3) is 2.53. The van der Waals surface area contributed by atoms with E-state index >= 15 is 0 Å². The van der Waals surface area contributed by atoms with E-state index in [-0.39, 0.29) is 6.10 Å². The van der Waals surface area contributed by atoms with Crippen molar-refractivity contribution in [2.45, 2.75) is 32.8 Å². The van der Waals surface area contributed by atoms with E-state index in [9.17, 15) is 4.79 Å². The number of hydrogen-bond donors (Lipinski definition) is 0. The molecule has 0 saturated heterocycles. The zero-order chi connectivity index (χ0) is 13.0. The van der Waals surface area contributed by atoms with Gasteiger partial charge >= 0.3 is 0 Å². The molecule has 1 atom stereocenters. The normalized spacial score (nSPS) is 12.3. The molecular weight excluding hydrogens is 224 g/mol. The van der Waals surface area contributed by atoms with Crippen LogP contribution in [0.3, 0.4) is 0 Å². The van der Waals surface area contributed by atoms with Crippen LogP contribution in [0.2, 0.25) is 0 Å². The first-order valence-electron chi connectivity index (χ1n) is 6.39. The molecule has 94 valence electrons. The molecule has 0 saturated carbocycles. The Morgan fingerprint density at radius 3 is 2.72 bits per heavy atom. The van der Waals surface area contributed by atoms with Crippen LogP contribution in [0.25, 0.3) is 10.8 Å². The lowest BCUT2D eigenvalue weighted by atomic mass is 10.0. The smallest absolute Gasteiger partial charge is 0.154 e. The van der Waals surface area contributed by atoms with Crippen LogP contribution >= 0.6 is 0 Å². The SMILES string of the molecule is CCCC(C)Oc1ccc2ccccc2c1C=O. The maximum Gasteiger partial charge on any atom is 0.154 e. The highest BCUT2D eigenvalue weighted by atomic mass is 16.5. The number of hydrogen-bond acceptors (Lipinski definition) is 2. The van der Waals surface area contributed by atoms with Crippen LogP contribution in [0, 0.1) is 0 Å². The van der Waals surface area contributed by atoms with E-state index in [1.165, 1.54) is 0 Å². The molecule has 0 radical (unpaired) electrons. The number of carbonyl (C=O) groups excluding carboxylic acids is 1. The highest BCUT2D eigenvalue weighted by molar-refractivity contribution is 6.00. The van der Waals surface area contributed by atoms with Crippen LogP contribution in [-0.4, -0.2) is 12.4 Å². The monoisotopic (exact) mass is 242 g/mol. The molecule has 0 spiro atoms. The Bertz CT molecular complexity index is 546. The van der Waals surface area contributed by atoms with Crippen molar-refractivity contribution < 1.29 is 9.53 Å². The number of aldehydes is 1. The molecule has 18 heavy (non-hydrogen) atoms. The summed E-state index contributed by atoms with van der Waals surface area (Å²) in [6.07, 6.45) is 3.09. The molecule has 0 heterocycles. The zero-order valence-electron chi connectivity index (χ0n) is 10.8. The molecule has 0 bridgehead atoms. The van der Waals surface area contributed by atoms with Crippen molar-refractivity contribution in [1.82, 2.24) is 0 Å². The zero-order valence-corrected chi connectivity index (χ0v) is 10.8. The lowest BCUT2D eigenvalue weighted by Crippen LogP contribution is -2.12. The summed E-state index contributed by atoms with van der Waals surface area (Å²) in [5.74, 6) is 0.685. The Balaban J connectivity index is 2.41. The van der Waals surface area contributed by atoms with Crippen molar-refractivity contribution in [3.05, 3.63) is 42.0 Å². The lowest BCUT2D eigenvalue weighted by molar-refractivity contribution is 0.111. The Kier molecular flexibility index (Phi) is 3.98. The second kappa shape index (κ2) is 5.67. The first-order valence-corrected chi connectivity index (χ1v) is 6.39. The summed E-state index contributed by atoms with van der Waals surface area (Å²) in [7, 11) is 0. The van der Waals surface area contributed by atoms with Gasteiger partial charge in [-0.15, -0.1) is 0 Å². The van der Waals surface area contributed by atoms with Gasteiger partial charge in [0, 0.05) is 0 Å². The molecule has 0 amide bonds. The fraction of sp³-hybridized carbons (Fsp3) is 0.312. The van der Waals surface area contributed by atoms with Crippen molar-refractivity contribution in [3.63, 3.8) is 0 Å². The number of carbonyl (C=O) groups is 1. The summed E-state index contributed by atoms with van der Waals surface area (Å²) in [5.41, 5.74) is 0.649. The van der Waals surface area contributed by atoms with Gasteiger partial charge in [-0.1, -0.05) is 43.7 Å². The van der Waals surface area contributed by atoms with E-state index in [2.05, 4.69) is 6.92 Å². The van der Waals surface area contributed by atoms with Gasteiger partial charge in [0.1, 0.15) is 5.75 Å². The second-order valence-electron chi connectivity index (χ2n) is 4.53. The molecule has 2 heteroatoms. The number of ether oxygens (including phenoxy) is 1. The predicted molar refractivity (Wildman–Crippen MR) is 74.3 cm³/mol. The largest absolute Gasteiger partial charge is 0.490 e. The molecule has 2 rings (SSSR count). The maximum atomic E-state index is 11.3. The Hall–Kier alpha value is -1.83. The first-order chi connectivity index (χ1) is 8.76. The minimum atomic E-state index is 0.134. The van der Waals surface area contributed by atoms with Gasteiger partial charge in [-0.3, -0.25) is 4.79 Å². The predicted octanol–water partition coefficient (Wildman–Crippen LogP) is 4.22. The third-order valence-electron chi connectivity index (χ3n) is 3.07. The van der Waals surface area contributed by atoms with Gasteiger partial charge in [0.2, 0.25) is 0 Å². The Morgan fingerprint density at radius 2 is 2.00 bits per heavy atom. The van der Waals surface area contributed by atoms with Crippen LogP contribution in [0.1, 0.15) is 37.0 Å². The van der Waals surface area contributed by atoms with Crippen molar-refractivity contribution >= 4 is 17.1 Å². The summed E-state index contributed by atoms with van der Waals surface area (Å²) < 4.78 is 5.85. The van der Waals surface area contributed by atoms with Gasteiger partial charge in [0.25, 0.3) is 0 Å². The quantitative estimate of drug-likeness (QED) is 0.734. The molecule has 2 aromatic carbocycles. The van der Waals surface area contributed by atoms with Gasteiger partial charge in [-0.2, -0.15) is 0 Å². The topological polar surface area (TPSA) is 26.3 Å². The standard InChI is InChI=1S/C16H18O2/c1-3-6-12(2)18-16-10-9-13-7-4-5-8-14(13)15(16)11-17/h4-5,7-12H,3,6H2,1-2H3. The lowest BCUT2D eigenvalue weighted by Gasteiger charge is -2.16. The van der Waals surface area contributed by atoms with Crippen LogP contribution in [0.15, 0.2) is 36.4 Å². The minimum absolute atomic E-state index is 0.134. The van der Waals surface area contributed by atoms with E-state index in [0.29, 0.717) is 11.3 Å². The van der Waals surface area contributed by atoms with Gasteiger partial charge in [0.05, 0.1) is 11.7 Å². The molecular formula is C16H18O2. The average molecular weight is 242 g/mol. The Labute approximate surface area is 108 Å². The Morgan fingerprint density at radius 1 is 1.22 bits per heavy atom. The van der Waals surface area contributed by atoms with Gasteiger partial charge in [-0.25, -0.2) is 0 Å². The maximum absolute atomic E-state index is 11.3. The minimum Gasteiger partial charge on any atom is -0.490 e. The summed E-state index contributed by atoms with van der Waals surface area (Å²) in [6, 6.07) is 11.7. The molecule has 1 unspecified atom stereocenters. The van der Waals surface area contributed by atoms with Gasteiger partial charge < -0.3 is 4.74 Å². The van der Waals surface area contributed by atoms with E-state index in [0.717, 1.165) is 29.9 Å². The van der Waals surface area contributed by atoms with E-state index < -0.39 is 0 Å². The molecule has 0 fully saturated rings. The molecule has 0 N–H and O–H groups in total. The van der Waals surface area contributed by atoms with Crippen molar-refractivity contribution in [2.75, 3.05) is 0 Å². The van der Waals surface area contributed by atoms with Crippen LogP contribution in [0.5, 0.6) is 5.75 Å². The van der Waals surface area contributed by atoms with Gasteiger partial charge in [-0.05, 0) is 30.2 Å². The van der Waals surface area contributed by atoms with Crippen molar-refractivity contribution in [3.8, 4) is 5.75 Å².